The van der Waals surface area contributed by atoms with Crippen molar-refractivity contribution in [3.05, 3.63) is 23.8 Å². The van der Waals surface area contributed by atoms with Crippen LogP contribution in [-0.4, -0.2) is 46.7 Å². The Labute approximate surface area is 142 Å². The number of ether oxygens (including phenoxy) is 2. The number of amides is 1. The van der Waals surface area contributed by atoms with Gasteiger partial charge in [-0.25, -0.2) is 13.1 Å². The Kier molecular flexibility index (Phi) is 6.59. The molecule has 2 N–H and O–H groups in total. The quantitative estimate of drug-likeness (QED) is 0.732. The third-order valence-electron chi connectivity index (χ3n) is 3.64. The van der Waals surface area contributed by atoms with E-state index in [1.165, 1.54) is 12.1 Å². The molecular weight excluding hydrogens is 332 g/mol. The summed E-state index contributed by atoms with van der Waals surface area (Å²) >= 11 is 0. The molecule has 1 saturated heterocycles. The smallest absolute Gasteiger partial charge is 0.251 e. The molecule has 1 aromatic carbocycles. The largest absolute Gasteiger partial charge is 0.492 e. The molecule has 24 heavy (non-hydrogen) atoms. The summed E-state index contributed by atoms with van der Waals surface area (Å²) in [6.07, 6.45) is 1.94. The Morgan fingerprint density at radius 1 is 1.38 bits per heavy atom. The SMILES string of the molecule is CCNS(=O)(=O)c1cc(C(=O)NC[C@@H]2CCCO2)ccc1OCC. The fourth-order valence-electron chi connectivity index (χ4n) is 2.52. The Balaban J connectivity index is 2.19. The normalized spacial score (nSPS) is 17.7. The lowest BCUT2D eigenvalue weighted by Crippen LogP contribution is -2.32. The highest BCUT2D eigenvalue weighted by molar-refractivity contribution is 7.89. The molecule has 1 heterocycles. The fraction of sp³-hybridized carbons (Fsp3) is 0.562. The van der Waals surface area contributed by atoms with E-state index in [-0.39, 0.29) is 34.8 Å². The summed E-state index contributed by atoms with van der Waals surface area (Å²) in [6, 6.07) is 4.41. The van der Waals surface area contributed by atoms with E-state index in [0.717, 1.165) is 12.8 Å². The van der Waals surface area contributed by atoms with Crippen molar-refractivity contribution in [3.8, 4) is 5.75 Å². The van der Waals surface area contributed by atoms with Crippen molar-refractivity contribution < 1.29 is 22.7 Å². The van der Waals surface area contributed by atoms with E-state index in [0.29, 0.717) is 19.8 Å². The molecule has 0 aliphatic carbocycles. The first-order chi connectivity index (χ1) is 11.5. The summed E-state index contributed by atoms with van der Waals surface area (Å²) in [7, 11) is -3.73. The summed E-state index contributed by atoms with van der Waals surface area (Å²) in [5, 5.41) is 2.78. The maximum absolute atomic E-state index is 12.3. The molecule has 0 radical (unpaired) electrons. The van der Waals surface area contributed by atoms with Crippen LogP contribution in [0.3, 0.4) is 0 Å². The zero-order valence-electron chi connectivity index (χ0n) is 14.0. The van der Waals surface area contributed by atoms with Gasteiger partial charge in [0.15, 0.2) is 0 Å². The van der Waals surface area contributed by atoms with Crippen LogP contribution in [0, 0.1) is 0 Å². The maximum Gasteiger partial charge on any atom is 0.251 e. The van der Waals surface area contributed by atoms with Gasteiger partial charge < -0.3 is 14.8 Å². The minimum atomic E-state index is -3.73. The number of hydrogen-bond donors (Lipinski definition) is 2. The molecule has 0 bridgehead atoms. The van der Waals surface area contributed by atoms with E-state index in [1.54, 1.807) is 19.9 Å². The number of carbonyl (C=O) groups is 1. The van der Waals surface area contributed by atoms with E-state index in [4.69, 9.17) is 9.47 Å². The first kappa shape index (κ1) is 18.7. The van der Waals surface area contributed by atoms with Gasteiger partial charge >= 0.3 is 0 Å². The Hall–Kier alpha value is -1.64. The van der Waals surface area contributed by atoms with Crippen molar-refractivity contribution in [1.82, 2.24) is 10.0 Å². The second kappa shape index (κ2) is 8.46. The molecule has 134 valence electrons. The van der Waals surface area contributed by atoms with Crippen LogP contribution < -0.4 is 14.8 Å². The fourth-order valence-corrected chi connectivity index (χ4v) is 3.73. The summed E-state index contributed by atoms with van der Waals surface area (Å²) in [5.41, 5.74) is 0.271. The number of sulfonamides is 1. The van der Waals surface area contributed by atoms with Gasteiger partial charge in [0.05, 0.1) is 12.7 Å². The monoisotopic (exact) mass is 356 g/mol. The molecule has 1 aliphatic heterocycles. The standard InChI is InChI=1S/C16H24N2O5S/c1-3-18-24(20,21)15-10-12(7-8-14(15)22-4-2)16(19)17-11-13-6-5-9-23-13/h7-8,10,13,18H,3-6,9,11H2,1-2H3,(H,17,19)/t13-/m0/s1. The molecular formula is C16H24N2O5S. The molecule has 0 aromatic heterocycles. The van der Waals surface area contributed by atoms with E-state index < -0.39 is 10.0 Å². The average Bonchev–Trinajstić information content (AvgIpc) is 3.06. The average molecular weight is 356 g/mol. The predicted octanol–water partition coefficient (Wildman–Crippen LogP) is 1.29. The summed E-state index contributed by atoms with van der Waals surface area (Å²) < 4.78 is 37.9. The van der Waals surface area contributed by atoms with Gasteiger partial charge in [0, 0.05) is 25.3 Å². The van der Waals surface area contributed by atoms with Gasteiger partial charge in [-0.15, -0.1) is 0 Å². The third kappa shape index (κ3) is 4.68. The number of nitrogens with one attached hydrogen (secondary N) is 2. The predicted molar refractivity (Wildman–Crippen MR) is 89.8 cm³/mol. The van der Waals surface area contributed by atoms with Gasteiger partial charge in [-0.05, 0) is 38.0 Å². The number of benzene rings is 1. The minimum Gasteiger partial charge on any atom is -0.492 e. The van der Waals surface area contributed by atoms with Crippen LogP contribution in [0.15, 0.2) is 23.1 Å². The van der Waals surface area contributed by atoms with Crippen molar-refractivity contribution in [2.75, 3.05) is 26.3 Å². The van der Waals surface area contributed by atoms with Crippen LogP contribution in [-0.2, 0) is 14.8 Å². The lowest BCUT2D eigenvalue weighted by Gasteiger charge is -2.14. The van der Waals surface area contributed by atoms with Crippen LogP contribution in [0.25, 0.3) is 0 Å². The highest BCUT2D eigenvalue weighted by atomic mass is 32.2. The number of rotatable bonds is 8. The summed E-state index contributed by atoms with van der Waals surface area (Å²) in [5.74, 6) is -0.101. The first-order valence-corrected chi connectivity index (χ1v) is 9.62. The van der Waals surface area contributed by atoms with E-state index in [9.17, 15) is 13.2 Å². The van der Waals surface area contributed by atoms with Crippen LogP contribution in [0.5, 0.6) is 5.75 Å². The number of carbonyl (C=O) groups excluding carboxylic acids is 1. The molecule has 0 spiro atoms. The van der Waals surface area contributed by atoms with Gasteiger partial charge in [-0.2, -0.15) is 0 Å². The minimum absolute atomic E-state index is 0.0293. The van der Waals surface area contributed by atoms with Crippen LogP contribution in [0.1, 0.15) is 37.0 Å². The van der Waals surface area contributed by atoms with Gasteiger partial charge in [0.2, 0.25) is 10.0 Å². The van der Waals surface area contributed by atoms with Crippen molar-refractivity contribution >= 4 is 15.9 Å². The molecule has 8 heteroatoms. The first-order valence-electron chi connectivity index (χ1n) is 8.14. The van der Waals surface area contributed by atoms with Gasteiger partial charge in [-0.3, -0.25) is 4.79 Å². The van der Waals surface area contributed by atoms with E-state index in [2.05, 4.69) is 10.0 Å². The molecule has 0 unspecified atom stereocenters. The Morgan fingerprint density at radius 3 is 2.79 bits per heavy atom. The zero-order chi connectivity index (χ0) is 17.6. The molecule has 7 nitrogen and oxygen atoms in total. The molecule has 1 fully saturated rings. The van der Waals surface area contributed by atoms with Crippen molar-refractivity contribution in [1.29, 1.82) is 0 Å². The zero-order valence-corrected chi connectivity index (χ0v) is 14.8. The summed E-state index contributed by atoms with van der Waals surface area (Å²) in [6.45, 7) is 5.18. The lowest BCUT2D eigenvalue weighted by atomic mass is 10.2. The van der Waals surface area contributed by atoms with Crippen molar-refractivity contribution in [3.63, 3.8) is 0 Å². The van der Waals surface area contributed by atoms with E-state index in [1.807, 2.05) is 0 Å². The highest BCUT2D eigenvalue weighted by Crippen LogP contribution is 2.25. The summed E-state index contributed by atoms with van der Waals surface area (Å²) in [4.78, 5) is 12.3. The van der Waals surface area contributed by atoms with Gasteiger partial charge in [0.25, 0.3) is 5.91 Å². The van der Waals surface area contributed by atoms with Crippen molar-refractivity contribution in [2.45, 2.75) is 37.7 Å². The van der Waals surface area contributed by atoms with Gasteiger partial charge in [0.1, 0.15) is 10.6 Å². The van der Waals surface area contributed by atoms with Gasteiger partial charge in [-0.1, -0.05) is 6.92 Å². The lowest BCUT2D eigenvalue weighted by molar-refractivity contribution is 0.0857. The third-order valence-corrected chi connectivity index (χ3v) is 5.21. The number of hydrogen-bond acceptors (Lipinski definition) is 5. The Morgan fingerprint density at radius 2 is 2.17 bits per heavy atom. The molecule has 0 saturated carbocycles. The van der Waals surface area contributed by atoms with Crippen LogP contribution in [0.4, 0.5) is 0 Å². The molecule has 1 aromatic rings. The maximum atomic E-state index is 12.3. The highest BCUT2D eigenvalue weighted by Gasteiger charge is 2.22. The second-order valence-corrected chi connectivity index (χ2v) is 7.18. The second-order valence-electron chi connectivity index (χ2n) is 5.44. The van der Waals surface area contributed by atoms with Crippen molar-refractivity contribution in [2.24, 2.45) is 0 Å². The van der Waals surface area contributed by atoms with E-state index >= 15 is 0 Å². The molecule has 2 rings (SSSR count). The molecule has 1 amide bonds. The topological polar surface area (TPSA) is 93.7 Å². The molecule has 1 atom stereocenters. The van der Waals surface area contributed by atoms with Crippen LogP contribution in [0.2, 0.25) is 0 Å². The molecule has 1 aliphatic rings. The Bertz CT molecular complexity index is 669. The van der Waals surface area contributed by atoms with Crippen LogP contribution >= 0.6 is 0 Å².